The van der Waals surface area contributed by atoms with Gasteiger partial charge >= 0.3 is 0 Å². The molecule has 0 aromatic carbocycles. The molecule has 4 aliphatic rings. The van der Waals surface area contributed by atoms with E-state index in [1.807, 2.05) is 0 Å². The zero-order valence-electron chi connectivity index (χ0n) is 14.9. The van der Waals surface area contributed by atoms with Crippen LogP contribution in [-0.2, 0) is 4.79 Å². The molecule has 0 aliphatic heterocycles. The molecule has 0 unspecified atom stereocenters. The molecular formula is C21H34O. The Morgan fingerprint density at radius 2 is 1.86 bits per heavy atom. The number of Topliss-reactive ketones (excluding diaryl/α,β-unsaturated/α-hetero) is 1. The van der Waals surface area contributed by atoms with Gasteiger partial charge in [-0.25, -0.2) is 0 Å². The van der Waals surface area contributed by atoms with Crippen LogP contribution in [-0.4, -0.2) is 5.78 Å². The van der Waals surface area contributed by atoms with Crippen LogP contribution in [0.25, 0.3) is 0 Å². The van der Waals surface area contributed by atoms with E-state index in [0.29, 0.717) is 29.0 Å². The topological polar surface area (TPSA) is 17.1 Å². The van der Waals surface area contributed by atoms with Crippen LogP contribution in [0.2, 0.25) is 0 Å². The highest BCUT2D eigenvalue weighted by Gasteiger charge is 2.60. The van der Waals surface area contributed by atoms with Crippen molar-refractivity contribution in [3.05, 3.63) is 0 Å². The summed E-state index contributed by atoms with van der Waals surface area (Å²) in [7, 11) is 0. The Kier molecular flexibility index (Phi) is 3.51. The highest BCUT2D eigenvalue weighted by Crippen LogP contribution is 2.65. The van der Waals surface area contributed by atoms with Crippen molar-refractivity contribution in [3.8, 4) is 0 Å². The summed E-state index contributed by atoms with van der Waals surface area (Å²) in [6.07, 6.45) is 13.3. The fraction of sp³-hybridized carbons (Fsp3) is 0.952. The van der Waals surface area contributed by atoms with Crippen LogP contribution in [0.1, 0.15) is 85.0 Å². The Labute approximate surface area is 136 Å². The second kappa shape index (κ2) is 5.08. The minimum atomic E-state index is 0.0402. The molecule has 0 spiro atoms. The number of ketones is 1. The van der Waals surface area contributed by atoms with E-state index < -0.39 is 0 Å². The van der Waals surface area contributed by atoms with Crippen molar-refractivity contribution < 1.29 is 4.79 Å². The first kappa shape index (κ1) is 15.2. The van der Waals surface area contributed by atoms with Gasteiger partial charge in [-0.2, -0.15) is 0 Å². The minimum Gasteiger partial charge on any atom is -0.299 e. The molecule has 124 valence electrons. The van der Waals surface area contributed by atoms with Crippen molar-refractivity contribution in [2.24, 2.45) is 40.4 Å². The lowest BCUT2D eigenvalue weighted by Gasteiger charge is -2.59. The second-order valence-electron chi connectivity index (χ2n) is 9.66. The molecule has 7 atom stereocenters. The quantitative estimate of drug-likeness (QED) is 0.614. The molecule has 0 amide bonds. The van der Waals surface area contributed by atoms with E-state index in [0.717, 1.165) is 18.3 Å². The van der Waals surface area contributed by atoms with E-state index in [2.05, 4.69) is 20.8 Å². The molecule has 0 heterocycles. The molecule has 4 rings (SSSR count). The molecule has 0 aromatic heterocycles. The van der Waals surface area contributed by atoms with E-state index in [9.17, 15) is 4.79 Å². The van der Waals surface area contributed by atoms with Crippen molar-refractivity contribution >= 4 is 5.78 Å². The van der Waals surface area contributed by atoms with Crippen molar-refractivity contribution in [3.63, 3.8) is 0 Å². The zero-order chi connectivity index (χ0) is 15.5. The van der Waals surface area contributed by atoms with E-state index in [1.165, 1.54) is 57.8 Å². The molecule has 4 aliphatic carbocycles. The van der Waals surface area contributed by atoms with Crippen LogP contribution in [0.5, 0.6) is 0 Å². The molecule has 4 saturated carbocycles. The first-order chi connectivity index (χ1) is 10.5. The third kappa shape index (κ3) is 1.93. The highest BCUT2D eigenvalue weighted by atomic mass is 16.1. The summed E-state index contributed by atoms with van der Waals surface area (Å²) in [5, 5.41) is 0. The Bertz CT molecular complexity index is 469. The minimum absolute atomic E-state index is 0.0402. The predicted octanol–water partition coefficient (Wildman–Crippen LogP) is 5.62. The van der Waals surface area contributed by atoms with Gasteiger partial charge < -0.3 is 0 Å². The lowest BCUT2D eigenvalue weighted by atomic mass is 9.44. The average Bonchev–Trinajstić information content (AvgIpc) is 2.90. The fourth-order valence-corrected chi connectivity index (χ4v) is 7.50. The summed E-state index contributed by atoms with van der Waals surface area (Å²) >= 11 is 0. The fourth-order valence-electron chi connectivity index (χ4n) is 7.50. The van der Waals surface area contributed by atoms with Gasteiger partial charge in [0, 0.05) is 11.8 Å². The number of carbonyl (C=O) groups excluding carboxylic acids is 1. The Morgan fingerprint density at radius 3 is 2.64 bits per heavy atom. The second-order valence-corrected chi connectivity index (χ2v) is 9.66. The largest absolute Gasteiger partial charge is 0.299 e. The van der Waals surface area contributed by atoms with Crippen LogP contribution in [0.4, 0.5) is 0 Å². The molecule has 0 saturated heterocycles. The first-order valence-electron chi connectivity index (χ1n) is 10.0. The summed E-state index contributed by atoms with van der Waals surface area (Å²) in [4.78, 5) is 13.1. The van der Waals surface area contributed by atoms with Gasteiger partial charge in [-0.3, -0.25) is 4.79 Å². The predicted molar refractivity (Wildman–Crippen MR) is 90.5 cm³/mol. The van der Waals surface area contributed by atoms with Crippen LogP contribution in [0, 0.1) is 40.4 Å². The van der Waals surface area contributed by atoms with Crippen molar-refractivity contribution in [1.29, 1.82) is 0 Å². The lowest BCUT2D eigenvalue weighted by Crippen LogP contribution is -2.56. The van der Waals surface area contributed by atoms with Crippen molar-refractivity contribution in [2.75, 3.05) is 0 Å². The maximum atomic E-state index is 13.1. The van der Waals surface area contributed by atoms with E-state index in [4.69, 9.17) is 0 Å². The standard InChI is InChI=1S/C21H34O/c1-4-14-12-15-7-8-16-17-6-5-10-20(17,2)11-9-18(16)21(15,3)19(22)13-14/h14-18H,4-13H2,1-3H3/t14-,15-,16-,17-,18-,20-,21-/m0/s1. The summed E-state index contributed by atoms with van der Waals surface area (Å²) in [5.74, 6) is 4.54. The van der Waals surface area contributed by atoms with Gasteiger partial charge in [-0.15, -0.1) is 0 Å². The van der Waals surface area contributed by atoms with Gasteiger partial charge in [0.05, 0.1) is 0 Å². The summed E-state index contributed by atoms with van der Waals surface area (Å²) < 4.78 is 0. The molecule has 1 nitrogen and oxygen atoms in total. The molecule has 22 heavy (non-hydrogen) atoms. The number of rotatable bonds is 1. The maximum Gasteiger partial charge on any atom is 0.139 e. The average molecular weight is 303 g/mol. The summed E-state index contributed by atoms with van der Waals surface area (Å²) in [5.41, 5.74) is 0.659. The Hall–Kier alpha value is -0.330. The molecular weight excluding hydrogens is 268 g/mol. The van der Waals surface area contributed by atoms with E-state index in [1.54, 1.807) is 0 Å². The third-order valence-electron chi connectivity index (χ3n) is 8.96. The maximum absolute atomic E-state index is 13.1. The summed E-state index contributed by atoms with van der Waals surface area (Å²) in [6, 6.07) is 0. The molecule has 0 radical (unpaired) electrons. The van der Waals surface area contributed by atoms with Crippen LogP contribution in [0.15, 0.2) is 0 Å². The summed E-state index contributed by atoms with van der Waals surface area (Å²) in [6.45, 7) is 7.22. The lowest BCUT2D eigenvalue weighted by molar-refractivity contribution is -0.157. The van der Waals surface area contributed by atoms with Crippen molar-refractivity contribution in [2.45, 2.75) is 85.0 Å². The van der Waals surface area contributed by atoms with Crippen LogP contribution >= 0.6 is 0 Å². The van der Waals surface area contributed by atoms with Crippen LogP contribution < -0.4 is 0 Å². The van der Waals surface area contributed by atoms with Crippen molar-refractivity contribution in [1.82, 2.24) is 0 Å². The monoisotopic (exact) mass is 302 g/mol. The highest BCUT2D eigenvalue weighted by molar-refractivity contribution is 5.86. The molecule has 0 N–H and O–H groups in total. The normalized spacial score (nSPS) is 54.5. The Morgan fingerprint density at radius 1 is 1.05 bits per heavy atom. The van der Waals surface area contributed by atoms with Gasteiger partial charge in [0.2, 0.25) is 0 Å². The van der Waals surface area contributed by atoms with E-state index in [-0.39, 0.29) is 5.41 Å². The first-order valence-corrected chi connectivity index (χ1v) is 10.0. The molecule has 0 bridgehead atoms. The van der Waals surface area contributed by atoms with Gasteiger partial charge in [-0.05, 0) is 80.0 Å². The molecule has 0 aromatic rings. The molecule has 4 fully saturated rings. The number of fused-ring (bicyclic) bond motifs is 5. The zero-order valence-corrected chi connectivity index (χ0v) is 14.9. The van der Waals surface area contributed by atoms with Gasteiger partial charge in [0.1, 0.15) is 5.78 Å². The Balaban J connectivity index is 1.64. The SMILES string of the molecule is CC[C@@H]1CC(=O)[C@@]2(C)[C@@H](CC[C@H]3[C@@H]4CCC[C@@]4(C)CC[C@@H]32)C1. The number of hydrogen-bond donors (Lipinski definition) is 0. The van der Waals surface area contributed by atoms with Gasteiger partial charge in [0.25, 0.3) is 0 Å². The smallest absolute Gasteiger partial charge is 0.139 e. The molecule has 1 heteroatoms. The van der Waals surface area contributed by atoms with E-state index >= 15 is 0 Å². The number of carbonyl (C=O) groups is 1. The number of hydrogen-bond acceptors (Lipinski definition) is 1. The van der Waals surface area contributed by atoms with Crippen LogP contribution in [0.3, 0.4) is 0 Å². The van der Waals surface area contributed by atoms with Gasteiger partial charge in [0.15, 0.2) is 0 Å². The third-order valence-corrected chi connectivity index (χ3v) is 8.96. The van der Waals surface area contributed by atoms with Gasteiger partial charge in [-0.1, -0.05) is 33.6 Å².